The van der Waals surface area contributed by atoms with Crippen molar-refractivity contribution in [2.24, 2.45) is 5.92 Å². The van der Waals surface area contributed by atoms with Gasteiger partial charge in [0.15, 0.2) is 0 Å². The molecular weight excluding hydrogens is 251 g/mol. The maximum atomic E-state index is 12.4. The van der Waals surface area contributed by atoms with Gasteiger partial charge >= 0.3 is 6.18 Å². The molecule has 1 N–H and O–H groups in total. The van der Waals surface area contributed by atoms with E-state index in [0.29, 0.717) is 12.0 Å². The number of benzene rings is 1. The van der Waals surface area contributed by atoms with Crippen molar-refractivity contribution in [1.29, 1.82) is 0 Å². The second kappa shape index (κ2) is 6.94. The van der Waals surface area contributed by atoms with E-state index in [2.05, 4.69) is 26.1 Å². The van der Waals surface area contributed by atoms with Gasteiger partial charge in [-0.15, -0.1) is 0 Å². The summed E-state index contributed by atoms with van der Waals surface area (Å²) in [5.41, 5.74) is 0.384. The summed E-state index contributed by atoms with van der Waals surface area (Å²) < 4.78 is 37.3. The Kier molecular flexibility index (Phi) is 5.85. The third-order valence-electron chi connectivity index (χ3n) is 3.20. The highest BCUT2D eigenvalue weighted by Crippen LogP contribution is 2.29. The molecule has 0 spiro atoms. The summed E-state index contributed by atoms with van der Waals surface area (Å²) in [7, 11) is 0. The third kappa shape index (κ3) is 5.64. The van der Waals surface area contributed by atoms with Crippen LogP contribution in [-0.4, -0.2) is 12.6 Å². The highest BCUT2D eigenvalue weighted by molar-refractivity contribution is 5.24. The Labute approximate surface area is 113 Å². The lowest BCUT2D eigenvalue weighted by molar-refractivity contribution is -0.137. The van der Waals surface area contributed by atoms with E-state index in [-0.39, 0.29) is 0 Å². The Morgan fingerprint density at radius 3 is 2.11 bits per heavy atom. The lowest BCUT2D eigenvalue weighted by Crippen LogP contribution is -2.29. The summed E-state index contributed by atoms with van der Waals surface area (Å²) in [6.45, 7) is 7.18. The molecule has 0 saturated carbocycles. The second-order valence-corrected chi connectivity index (χ2v) is 5.24. The maximum absolute atomic E-state index is 12.4. The third-order valence-corrected chi connectivity index (χ3v) is 3.20. The van der Waals surface area contributed by atoms with E-state index < -0.39 is 11.7 Å². The van der Waals surface area contributed by atoms with Crippen molar-refractivity contribution in [3.05, 3.63) is 35.4 Å². The minimum absolute atomic E-state index is 0.432. The number of hydrogen-bond acceptors (Lipinski definition) is 1. The molecule has 108 valence electrons. The highest BCUT2D eigenvalue weighted by Gasteiger charge is 2.29. The first-order valence-electron chi connectivity index (χ1n) is 6.72. The minimum atomic E-state index is -4.25. The molecule has 0 heterocycles. The van der Waals surface area contributed by atoms with Crippen LogP contribution in [0.4, 0.5) is 13.2 Å². The molecule has 0 aliphatic carbocycles. The number of nitrogens with one attached hydrogen (secondary N) is 1. The summed E-state index contributed by atoms with van der Waals surface area (Å²) >= 11 is 0. The Bertz CT molecular complexity index is 368. The lowest BCUT2D eigenvalue weighted by Gasteiger charge is -2.18. The largest absolute Gasteiger partial charge is 0.416 e. The minimum Gasteiger partial charge on any atom is -0.314 e. The van der Waals surface area contributed by atoms with Crippen LogP contribution in [-0.2, 0) is 12.6 Å². The van der Waals surface area contributed by atoms with Crippen LogP contribution in [0.1, 0.15) is 38.3 Å². The van der Waals surface area contributed by atoms with Crippen LogP contribution in [0.5, 0.6) is 0 Å². The van der Waals surface area contributed by atoms with Crippen molar-refractivity contribution in [2.75, 3.05) is 6.54 Å². The van der Waals surface area contributed by atoms with Crippen molar-refractivity contribution in [1.82, 2.24) is 5.32 Å². The van der Waals surface area contributed by atoms with Crippen molar-refractivity contribution < 1.29 is 13.2 Å². The summed E-state index contributed by atoms with van der Waals surface area (Å²) in [5, 5.41) is 3.37. The molecule has 0 aliphatic rings. The molecule has 1 atom stereocenters. The Morgan fingerprint density at radius 2 is 1.68 bits per heavy atom. The Hall–Kier alpha value is -1.03. The van der Waals surface area contributed by atoms with Crippen LogP contribution in [0.2, 0.25) is 0 Å². The van der Waals surface area contributed by atoms with Gasteiger partial charge in [-0.1, -0.05) is 39.3 Å². The summed E-state index contributed by atoms with van der Waals surface area (Å²) in [5.74, 6) is 0.458. The van der Waals surface area contributed by atoms with Crippen LogP contribution in [0.3, 0.4) is 0 Å². The van der Waals surface area contributed by atoms with E-state index in [0.717, 1.165) is 37.1 Å². The first-order chi connectivity index (χ1) is 8.82. The number of rotatable bonds is 6. The smallest absolute Gasteiger partial charge is 0.314 e. The van der Waals surface area contributed by atoms with Gasteiger partial charge in [0.05, 0.1) is 5.56 Å². The van der Waals surface area contributed by atoms with Gasteiger partial charge < -0.3 is 5.32 Å². The first kappa shape index (κ1) is 16.0. The predicted molar refractivity (Wildman–Crippen MR) is 72.1 cm³/mol. The summed E-state index contributed by atoms with van der Waals surface area (Å²) in [6, 6.07) is 5.93. The first-order valence-corrected chi connectivity index (χ1v) is 6.72. The fourth-order valence-electron chi connectivity index (χ4n) is 1.93. The van der Waals surface area contributed by atoms with Gasteiger partial charge in [0, 0.05) is 6.04 Å². The molecular formula is C15H22F3N. The molecule has 4 heteroatoms. The monoisotopic (exact) mass is 273 g/mol. The molecule has 0 aromatic heterocycles. The van der Waals surface area contributed by atoms with Crippen molar-refractivity contribution in [2.45, 2.75) is 45.8 Å². The average Bonchev–Trinajstić information content (AvgIpc) is 2.33. The SMILES string of the molecule is CCC(CNC(C)C)Cc1ccc(C(F)(F)F)cc1. The van der Waals surface area contributed by atoms with Crippen LogP contribution in [0.25, 0.3) is 0 Å². The summed E-state index contributed by atoms with van der Waals surface area (Å²) in [6.07, 6.45) is -2.42. The molecule has 0 amide bonds. The molecule has 0 saturated heterocycles. The zero-order valence-electron chi connectivity index (χ0n) is 11.7. The molecule has 1 rings (SSSR count). The standard InChI is InChI=1S/C15H22F3N/c1-4-12(10-19-11(2)3)9-13-5-7-14(8-6-13)15(16,17)18/h5-8,11-12,19H,4,9-10H2,1-3H3. The van der Waals surface area contributed by atoms with Gasteiger partial charge in [-0.2, -0.15) is 13.2 Å². The normalized spacial score (nSPS) is 13.8. The average molecular weight is 273 g/mol. The zero-order chi connectivity index (χ0) is 14.5. The van der Waals surface area contributed by atoms with Crippen LogP contribution in [0, 0.1) is 5.92 Å². The number of alkyl halides is 3. The lowest BCUT2D eigenvalue weighted by atomic mass is 9.96. The highest BCUT2D eigenvalue weighted by atomic mass is 19.4. The molecule has 0 radical (unpaired) electrons. The van der Waals surface area contributed by atoms with Crippen LogP contribution >= 0.6 is 0 Å². The Morgan fingerprint density at radius 1 is 1.11 bits per heavy atom. The van der Waals surface area contributed by atoms with E-state index in [1.54, 1.807) is 12.1 Å². The molecule has 1 nitrogen and oxygen atoms in total. The van der Waals surface area contributed by atoms with Crippen LogP contribution in [0.15, 0.2) is 24.3 Å². The predicted octanol–water partition coefficient (Wildman–Crippen LogP) is 4.27. The maximum Gasteiger partial charge on any atom is 0.416 e. The van der Waals surface area contributed by atoms with Gasteiger partial charge in [-0.3, -0.25) is 0 Å². The van der Waals surface area contributed by atoms with Gasteiger partial charge in [-0.25, -0.2) is 0 Å². The van der Waals surface area contributed by atoms with Gasteiger partial charge in [0.25, 0.3) is 0 Å². The van der Waals surface area contributed by atoms with Gasteiger partial charge in [0.1, 0.15) is 0 Å². The molecule has 0 bridgehead atoms. The molecule has 1 unspecified atom stereocenters. The Balaban J connectivity index is 2.60. The molecule has 1 aromatic rings. The van der Waals surface area contributed by atoms with E-state index in [1.165, 1.54) is 0 Å². The van der Waals surface area contributed by atoms with Crippen molar-refractivity contribution >= 4 is 0 Å². The quantitative estimate of drug-likeness (QED) is 0.816. The summed E-state index contributed by atoms with van der Waals surface area (Å²) in [4.78, 5) is 0. The fourth-order valence-corrected chi connectivity index (χ4v) is 1.93. The molecule has 0 fully saturated rings. The zero-order valence-corrected chi connectivity index (χ0v) is 11.7. The van der Waals surface area contributed by atoms with Gasteiger partial charge in [-0.05, 0) is 36.6 Å². The second-order valence-electron chi connectivity index (χ2n) is 5.24. The number of halogens is 3. The molecule has 19 heavy (non-hydrogen) atoms. The molecule has 1 aromatic carbocycles. The van der Waals surface area contributed by atoms with Gasteiger partial charge in [0.2, 0.25) is 0 Å². The van der Waals surface area contributed by atoms with E-state index >= 15 is 0 Å². The molecule has 0 aliphatic heterocycles. The van der Waals surface area contributed by atoms with E-state index in [4.69, 9.17) is 0 Å². The van der Waals surface area contributed by atoms with Crippen molar-refractivity contribution in [3.8, 4) is 0 Å². The van der Waals surface area contributed by atoms with E-state index in [1.807, 2.05) is 0 Å². The van der Waals surface area contributed by atoms with Crippen molar-refractivity contribution in [3.63, 3.8) is 0 Å². The van der Waals surface area contributed by atoms with E-state index in [9.17, 15) is 13.2 Å². The topological polar surface area (TPSA) is 12.0 Å². The fraction of sp³-hybridized carbons (Fsp3) is 0.600. The van der Waals surface area contributed by atoms with Crippen LogP contribution < -0.4 is 5.32 Å². The number of hydrogen-bond donors (Lipinski definition) is 1.